The van der Waals surface area contributed by atoms with E-state index in [9.17, 15) is 28.1 Å². The van der Waals surface area contributed by atoms with E-state index in [4.69, 9.17) is 21.1 Å². The van der Waals surface area contributed by atoms with Gasteiger partial charge in [0.1, 0.15) is 11.3 Å². The van der Waals surface area contributed by atoms with Gasteiger partial charge in [-0.2, -0.15) is 0 Å². The third kappa shape index (κ3) is 9.33. The molecule has 346 valence electrons. The minimum absolute atomic E-state index is 0.0504. The van der Waals surface area contributed by atoms with Gasteiger partial charge in [-0.15, -0.1) is 0 Å². The van der Waals surface area contributed by atoms with E-state index in [1.54, 1.807) is 42.2 Å². The number of amides is 1. The van der Waals surface area contributed by atoms with Crippen LogP contribution in [0.15, 0.2) is 94.3 Å². The third-order valence-electron chi connectivity index (χ3n) is 12.9. The van der Waals surface area contributed by atoms with Crippen LogP contribution in [0.4, 0.5) is 17.1 Å². The van der Waals surface area contributed by atoms with Gasteiger partial charge in [-0.25, -0.2) is 27.5 Å². The molecule has 66 heavy (non-hydrogen) atoms. The van der Waals surface area contributed by atoms with Crippen molar-refractivity contribution >= 4 is 72.2 Å². The van der Waals surface area contributed by atoms with Gasteiger partial charge in [-0.3, -0.25) is 24.6 Å². The highest BCUT2D eigenvalue weighted by atomic mass is 35.5. The maximum absolute atomic E-state index is 14.3. The van der Waals surface area contributed by atoms with E-state index < -0.39 is 37.0 Å². The van der Waals surface area contributed by atoms with Gasteiger partial charge in [-0.05, 0) is 96.8 Å². The number of hydrogen-bond donors (Lipinski definition) is 3. The minimum atomic E-state index is -4.66. The lowest BCUT2D eigenvalue weighted by Gasteiger charge is -2.38. The number of fused-ring (bicyclic) bond motifs is 2. The van der Waals surface area contributed by atoms with Crippen molar-refractivity contribution in [3.63, 3.8) is 0 Å². The largest absolute Gasteiger partial charge is 0.377 e. The number of rotatable bonds is 13. The first-order valence-electron chi connectivity index (χ1n) is 22.1. The van der Waals surface area contributed by atoms with Crippen LogP contribution in [0.3, 0.4) is 0 Å². The summed E-state index contributed by atoms with van der Waals surface area (Å²) in [4.78, 5) is 51.3. The average Bonchev–Trinajstić information content (AvgIpc) is 3.87. The Labute approximate surface area is 386 Å². The van der Waals surface area contributed by atoms with E-state index in [1.165, 1.54) is 33.5 Å². The molecule has 0 unspecified atom stereocenters. The predicted octanol–water partition coefficient (Wildman–Crippen LogP) is 6.89. The van der Waals surface area contributed by atoms with Crippen LogP contribution in [0.2, 0.25) is 5.02 Å². The normalized spacial score (nSPS) is 18.2. The molecule has 9 rings (SSSR count). The van der Waals surface area contributed by atoms with Crippen LogP contribution in [0.1, 0.15) is 55.5 Å². The molecule has 3 aliphatic rings. The van der Waals surface area contributed by atoms with Gasteiger partial charge in [0.25, 0.3) is 27.2 Å². The second-order valence-electron chi connectivity index (χ2n) is 17.9. The zero-order chi connectivity index (χ0) is 46.3. The van der Waals surface area contributed by atoms with Crippen molar-refractivity contribution in [3.05, 3.63) is 121 Å². The molecule has 17 nitrogen and oxygen atoms in total. The van der Waals surface area contributed by atoms with Gasteiger partial charge < -0.3 is 24.7 Å². The van der Waals surface area contributed by atoms with Crippen LogP contribution in [-0.2, 0) is 26.5 Å². The Morgan fingerprint density at radius 3 is 2.56 bits per heavy atom. The summed E-state index contributed by atoms with van der Waals surface area (Å²) in [5, 5.41) is 16.6. The molecule has 0 bridgehead atoms. The molecule has 2 aliphatic heterocycles. The molecule has 1 atom stereocenters. The number of allylic oxidation sites excluding steroid dienone is 1. The van der Waals surface area contributed by atoms with Crippen LogP contribution in [0, 0.1) is 15.5 Å². The van der Waals surface area contributed by atoms with Crippen LogP contribution in [0.25, 0.3) is 33.3 Å². The Bertz CT molecular complexity index is 3040. The van der Waals surface area contributed by atoms with Crippen molar-refractivity contribution in [2.24, 2.45) is 12.5 Å². The average molecular weight is 939 g/mol. The summed E-state index contributed by atoms with van der Waals surface area (Å²) in [6.07, 6.45) is 5.58. The Balaban J connectivity index is 0.981. The molecule has 3 aromatic heterocycles. The maximum atomic E-state index is 14.3. The first-order valence-corrected chi connectivity index (χ1v) is 23.9. The number of H-pyrrole nitrogens is 1. The number of halogens is 1. The van der Waals surface area contributed by atoms with Crippen LogP contribution in [0.5, 0.6) is 0 Å². The molecule has 1 amide bonds. The van der Waals surface area contributed by atoms with E-state index >= 15 is 0 Å². The third-order valence-corrected chi connectivity index (χ3v) is 14.5. The molecule has 3 aromatic carbocycles. The molecule has 2 saturated heterocycles. The highest BCUT2D eigenvalue weighted by Crippen LogP contribution is 2.44. The van der Waals surface area contributed by atoms with E-state index in [-0.39, 0.29) is 40.5 Å². The SMILES string of the molecule is Cn1c(=O)c2nc3[nH]ccc3cc2n1-c1cc(N2CCN(CCC3=C(c4ccc(Cl)cc4)CC(C)(C)CC3)CC2)ccc1C(=O)NS(=O)(=O)c1ccc(NC[C@H]2COCCO2)c([N+](=O)[O-])c1. The van der Waals surface area contributed by atoms with Crippen molar-refractivity contribution in [1.29, 1.82) is 0 Å². The van der Waals surface area contributed by atoms with Gasteiger partial charge in [-0.1, -0.05) is 43.2 Å². The monoisotopic (exact) mass is 937 g/mol. The number of nitro groups is 1. The summed E-state index contributed by atoms with van der Waals surface area (Å²) >= 11 is 6.25. The smallest absolute Gasteiger partial charge is 0.293 e. The number of benzene rings is 3. The van der Waals surface area contributed by atoms with Crippen LogP contribution < -0.4 is 20.5 Å². The lowest BCUT2D eigenvalue weighted by Crippen LogP contribution is -2.46. The summed E-state index contributed by atoms with van der Waals surface area (Å²) in [5.41, 5.74) is 5.62. The molecule has 2 fully saturated rings. The molecule has 0 saturated carbocycles. The van der Waals surface area contributed by atoms with E-state index in [0.717, 1.165) is 67.5 Å². The molecule has 0 spiro atoms. The highest BCUT2D eigenvalue weighted by Gasteiger charge is 2.30. The fourth-order valence-electron chi connectivity index (χ4n) is 9.25. The van der Waals surface area contributed by atoms with Gasteiger partial charge in [0.05, 0.1) is 52.5 Å². The maximum Gasteiger partial charge on any atom is 0.293 e. The number of anilines is 2. The van der Waals surface area contributed by atoms with Gasteiger partial charge in [0, 0.05) is 74.7 Å². The summed E-state index contributed by atoms with van der Waals surface area (Å²) < 4.78 is 43.8. The molecule has 0 radical (unpaired) electrons. The van der Waals surface area contributed by atoms with Gasteiger partial charge in [0.15, 0.2) is 5.52 Å². The number of aromatic amines is 1. The summed E-state index contributed by atoms with van der Waals surface area (Å²) in [7, 11) is -3.10. The van der Waals surface area contributed by atoms with Crippen molar-refractivity contribution in [2.75, 3.05) is 69.3 Å². The Hall–Kier alpha value is -6.05. The Morgan fingerprint density at radius 1 is 1.03 bits per heavy atom. The standard InChI is InChI=1S/C47H52ClN9O8S/c1-47(2)15-12-31(38(27-47)30-4-6-33(48)7-5-30)14-17-54-18-20-55(21-19-54)34-8-10-37(40(25-34)56-42-24-32-13-16-49-44(32)51-43(42)46(59)53(56)3)45(58)52-66(62,63)36-9-11-39(41(26-36)57(60)61)50-28-35-29-64-22-23-65-35/h4-11,13,16,24-26,35,50H,12,14-15,17-23,27-29H2,1-3H3,(H,49,51)(H,52,58)/t35-/m0/s1. The Morgan fingerprint density at radius 2 is 1.82 bits per heavy atom. The van der Waals surface area contributed by atoms with E-state index in [1.807, 2.05) is 18.2 Å². The Kier molecular flexibility index (Phi) is 12.5. The first kappa shape index (κ1) is 45.1. The number of aromatic nitrogens is 4. The van der Waals surface area contributed by atoms with E-state index in [0.29, 0.717) is 44.1 Å². The number of carbonyl (C=O) groups is 1. The van der Waals surface area contributed by atoms with Gasteiger partial charge >= 0.3 is 0 Å². The topological polar surface area (TPSA) is 199 Å². The van der Waals surface area contributed by atoms with Gasteiger partial charge in [0.2, 0.25) is 0 Å². The second kappa shape index (κ2) is 18.3. The van der Waals surface area contributed by atoms with Crippen molar-refractivity contribution in [1.82, 2.24) is 29.0 Å². The zero-order valence-corrected chi connectivity index (χ0v) is 38.6. The molecule has 3 N–H and O–H groups in total. The lowest BCUT2D eigenvalue weighted by atomic mass is 9.72. The molecular formula is C47H52ClN9O8S. The number of nitrogens with one attached hydrogen (secondary N) is 3. The molecular weight excluding hydrogens is 886 g/mol. The molecule has 1 aliphatic carbocycles. The number of nitro benzene ring substituents is 1. The van der Waals surface area contributed by atoms with E-state index in [2.05, 4.69) is 55.8 Å². The summed E-state index contributed by atoms with van der Waals surface area (Å²) in [5.74, 6) is -0.996. The fraction of sp³-hybridized carbons (Fsp3) is 0.383. The number of sulfonamides is 1. The fourth-order valence-corrected chi connectivity index (χ4v) is 10.4. The summed E-state index contributed by atoms with van der Waals surface area (Å²) in [6.45, 7) is 9.93. The molecule has 19 heteroatoms. The number of pyridine rings is 1. The minimum Gasteiger partial charge on any atom is -0.377 e. The summed E-state index contributed by atoms with van der Waals surface area (Å²) in [6, 6.07) is 20.3. The van der Waals surface area contributed by atoms with Crippen molar-refractivity contribution in [2.45, 2.75) is 50.5 Å². The predicted molar refractivity (Wildman–Crippen MR) is 254 cm³/mol. The first-order chi connectivity index (χ1) is 31.6. The number of nitrogens with zero attached hydrogens (tertiary/aromatic N) is 6. The molecule has 6 aromatic rings. The number of ether oxygens (including phenoxy) is 2. The van der Waals surface area contributed by atoms with Crippen LogP contribution in [-0.4, -0.2) is 109 Å². The quantitative estimate of drug-likeness (QED) is 0.0802. The zero-order valence-electron chi connectivity index (χ0n) is 37.0. The lowest BCUT2D eigenvalue weighted by molar-refractivity contribution is -0.384. The number of piperazine rings is 1. The van der Waals surface area contributed by atoms with Crippen molar-refractivity contribution in [3.8, 4) is 5.69 Å². The highest BCUT2D eigenvalue weighted by molar-refractivity contribution is 7.90. The second-order valence-corrected chi connectivity index (χ2v) is 20.1. The number of carbonyl (C=O) groups excluding carboxylic acids is 1. The molecule has 5 heterocycles. The van der Waals surface area contributed by atoms with Crippen molar-refractivity contribution < 1.29 is 27.6 Å². The van der Waals surface area contributed by atoms with Crippen LogP contribution >= 0.6 is 11.6 Å². The number of hydrogen-bond acceptors (Lipinski definition) is 12.